The summed E-state index contributed by atoms with van der Waals surface area (Å²) < 4.78 is 15.7. The lowest BCUT2D eigenvalue weighted by Crippen LogP contribution is -2.02. The first-order valence-corrected chi connectivity index (χ1v) is 6.24. The predicted molar refractivity (Wildman–Crippen MR) is 76.6 cm³/mol. The second kappa shape index (κ2) is 4.43. The highest BCUT2D eigenvalue weighted by Crippen LogP contribution is 2.22. The van der Waals surface area contributed by atoms with E-state index in [1.165, 1.54) is 6.07 Å². The van der Waals surface area contributed by atoms with Crippen molar-refractivity contribution in [3.8, 4) is 0 Å². The van der Waals surface area contributed by atoms with E-state index in [1.54, 1.807) is 6.07 Å². The van der Waals surface area contributed by atoms with Crippen molar-refractivity contribution in [3.63, 3.8) is 0 Å². The Balaban J connectivity index is 2.07. The maximum absolute atomic E-state index is 13.6. The third-order valence-electron chi connectivity index (χ3n) is 3.59. The molecule has 0 radical (unpaired) electrons. The lowest BCUT2D eigenvalue weighted by atomic mass is 10.1. The summed E-state index contributed by atoms with van der Waals surface area (Å²) in [7, 11) is 0. The molecule has 2 aromatic carbocycles. The van der Waals surface area contributed by atoms with Crippen molar-refractivity contribution in [2.45, 2.75) is 13.5 Å². The van der Waals surface area contributed by atoms with Crippen LogP contribution in [0.15, 0.2) is 48.7 Å². The van der Waals surface area contributed by atoms with Gasteiger partial charge in [0.15, 0.2) is 0 Å². The van der Waals surface area contributed by atoms with Crippen molar-refractivity contribution in [1.82, 2.24) is 4.57 Å². The standard InChI is InChI=1S/C16H15FN2/c1-11-12(4-2-6-15(11)18)10-19-9-8-13-14(17)5-3-7-16(13)19/h2-9H,10,18H2,1H3. The summed E-state index contributed by atoms with van der Waals surface area (Å²) in [6, 6.07) is 12.9. The maximum atomic E-state index is 13.6. The third kappa shape index (κ3) is 1.97. The number of benzene rings is 2. The number of nitrogen functional groups attached to an aromatic ring is 1. The van der Waals surface area contributed by atoms with Crippen molar-refractivity contribution in [2.24, 2.45) is 0 Å². The van der Waals surface area contributed by atoms with Crippen molar-refractivity contribution in [1.29, 1.82) is 0 Å². The van der Waals surface area contributed by atoms with E-state index < -0.39 is 0 Å². The van der Waals surface area contributed by atoms with E-state index in [0.717, 1.165) is 22.3 Å². The molecule has 0 saturated heterocycles. The molecule has 1 heterocycles. The topological polar surface area (TPSA) is 30.9 Å². The molecule has 0 unspecified atom stereocenters. The Bertz CT molecular complexity index is 744. The second-order valence-corrected chi connectivity index (χ2v) is 4.75. The van der Waals surface area contributed by atoms with Crippen LogP contribution in [0.3, 0.4) is 0 Å². The van der Waals surface area contributed by atoms with E-state index >= 15 is 0 Å². The zero-order valence-electron chi connectivity index (χ0n) is 10.7. The fourth-order valence-corrected chi connectivity index (χ4v) is 2.38. The number of aromatic nitrogens is 1. The van der Waals surface area contributed by atoms with E-state index in [1.807, 2.05) is 42.0 Å². The Kier molecular flexibility index (Phi) is 2.75. The van der Waals surface area contributed by atoms with Crippen molar-refractivity contribution in [3.05, 3.63) is 65.6 Å². The number of rotatable bonds is 2. The number of anilines is 1. The summed E-state index contributed by atoms with van der Waals surface area (Å²) >= 11 is 0. The number of fused-ring (bicyclic) bond motifs is 1. The number of halogens is 1. The summed E-state index contributed by atoms with van der Waals surface area (Å²) in [5, 5.41) is 0.657. The Morgan fingerprint density at radius 3 is 2.74 bits per heavy atom. The van der Waals surface area contributed by atoms with E-state index in [2.05, 4.69) is 6.07 Å². The highest BCUT2D eigenvalue weighted by Gasteiger charge is 2.07. The van der Waals surface area contributed by atoms with Crippen molar-refractivity contribution >= 4 is 16.6 Å². The molecule has 0 saturated carbocycles. The van der Waals surface area contributed by atoms with Gasteiger partial charge in [-0.25, -0.2) is 4.39 Å². The summed E-state index contributed by atoms with van der Waals surface area (Å²) in [4.78, 5) is 0. The molecule has 3 aromatic rings. The van der Waals surface area contributed by atoms with Crippen LogP contribution in [0.5, 0.6) is 0 Å². The molecule has 0 bridgehead atoms. The Morgan fingerprint density at radius 1 is 1.11 bits per heavy atom. The quantitative estimate of drug-likeness (QED) is 0.694. The van der Waals surface area contributed by atoms with Crippen LogP contribution in [0, 0.1) is 12.7 Å². The molecule has 0 aliphatic carbocycles. The average molecular weight is 254 g/mol. The lowest BCUT2D eigenvalue weighted by molar-refractivity contribution is 0.639. The molecule has 0 fully saturated rings. The van der Waals surface area contributed by atoms with Gasteiger partial charge < -0.3 is 10.3 Å². The number of hydrogen-bond donors (Lipinski definition) is 1. The zero-order chi connectivity index (χ0) is 13.4. The SMILES string of the molecule is Cc1c(N)cccc1Cn1ccc2c(F)cccc21. The van der Waals surface area contributed by atoms with Crippen LogP contribution in [0.1, 0.15) is 11.1 Å². The fraction of sp³-hybridized carbons (Fsp3) is 0.125. The number of nitrogens with two attached hydrogens (primary N) is 1. The molecule has 1 aromatic heterocycles. The first kappa shape index (κ1) is 11.8. The minimum Gasteiger partial charge on any atom is -0.399 e. The lowest BCUT2D eigenvalue weighted by Gasteiger charge is -2.10. The van der Waals surface area contributed by atoms with Crippen LogP contribution in [-0.2, 0) is 6.54 Å². The van der Waals surface area contributed by atoms with Gasteiger partial charge in [0.2, 0.25) is 0 Å². The molecule has 19 heavy (non-hydrogen) atoms. The van der Waals surface area contributed by atoms with Gasteiger partial charge in [-0.2, -0.15) is 0 Å². The third-order valence-corrected chi connectivity index (χ3v) is 3.59. The highest BCUT2D eigenvalue weighted by atomic mass is 19.1. The van der Waals surface area contributed by atoms with E-state index in [-0.39, 0.29) is 5.82 Å². The monoisotopic (exact) mass is 254 g/mol. The first-order chi connectivity index (χ1) is 9.16. The van der Waals surface area contributed by atoms with E-state index in [4.69, 9.17) is 5.73 Å². The largest absolute Gasteiger partial charge is 0.399 e. The molecule has 0 aliphatic heterocycles. The summed E-state index contributed by atoms with van der Waals surface area (Å²) in [6.07, 6.45) is 1.91. The molecule has 2 nitrogen and oxygen atoms in total. The Morgan fingerprint density at radius 2 is 1.89 bits per heavy atom. The van der Waals surface area contributed by atoms with Gasteiger partial charge in [-0.1, -0.05) is 18.2 Å². The Hall–Kier alpha value is -2.29. The molecular weight excluding hydrogens is 239 g/mol. The molecule has 0 spiro atoms. The van der Waals surface area contributed by atoms with Gasteiger partial charge in [0.05, 0.1) is 5.52 Å². The average Bonchev–Trinajstić information content (AvgIpc) is 2.80. The fourth-order valence-electron chi connectivity index (χ4n) is 2.38. The second-order valence-electron chi connectivity index (χ2n) is 4.75. The molecule has 2 N–H and O–H groups in total. The highest BCUT2D eigenvalue weighted by molar-refractivity contribution is 5.80. The van der Waals surface area contributed by atoms with Crippen LogP contribution in [0.2, 0.25) is 0 Å². The number of nitrogens with zero attached hydrogens (tertiary/aromatic N) is 1. The number of hydrogen-bond acceptors (Lipinski definition) is 1. The van der Waals surface area contributed by atoms with Crippen molar-refractivity contribution < 1.29 is 4.39 Å². The van der Waals surface area contributed by atoms with E-state index in [0.29, 0.717) is 11.9 Å². The van der Waals surface area contributed by atoms with Gasteiger partial charge >= 0.3 is 0 Å². The summed E-state index contributed by atoms with van der Waals surface area (Å²) in [5.74, 6) is -0.180. The molecule has 96 valence electrons. The smallest absolute Gasteiger partial charge is 0.132 e. The molecule has 0 amide bonds. The molecule has 0 aliphatic rings. The van der Waals surface area contributed by atoms with Crippen LogP contribution in [-0.4, -0.2) is 4.57 Å². The first-order valence-electron chi connectivity index (χ1n) is 6.24. The molecule has 0 atom stereocenters. The summed E-state index contributed by atoms with van der Waals surface area (Å²) in [6.45, 7) is 2.71. The normalized spacial score (nSPS) is 11.1. The predicted octanol–water partition coefficient (Wildman–Crippen LogP) is 3.72. The van der Waals surface area contributed by atoms with Crippen LogP contribution < -0.4 is 5.73 Å². The van der Waals surface area contributed by atoms with Gasteiger partial charge in [0.1, 0.15) is 5.82 Å². The minimum atomic E-state index is -0.180. The summed E-state index contributed by atoms with van der Waals surface area (Å²) in [5.41, 5.74) is 9.85. The van der Waals surface area contributed by atoms with Gasteiger partial charge in [-0.05, 0) is 42.3 Å². The zero-order valence-corrected chi connectivity index (χ0v) is 10.7. The Labute approximate surface area is 111 Å². The maximum Gasteiger partial charge on any atom is 0.132 e. The van der Waals surface area contributed by atoms with Gasteiger partial charge in [0, 0.05) is 23.8 Å². The van der Waals surface area contributed by atoms with Crippen molar-refractivity contribution in [2.75, 3.05) is 5.73 Å². The van der Waals surface area contributed by atoms with Gasteiger partial charge in [-0.3, -0.25) is 0 Å². The molecular formula is C16H15FN2. The van der Waals surface area contributed by atoms with Crippen LogP contribution in [0.4, 0.5) is 10.1 Å². The van der Waals surface area contributed by atoms with E-state index in [9.17, 15) is 4.39 Å². The minimum absolute atomic E-state index is 0.180. The van der Waals surface area contributed by atoms with Crippen LogP contribution in [0.25, 0.3) is 10.9 Å². The van der Waals surface area contributed by atoms with Gasteiger partial charge in [-0.15, -0.1) is 0 Å². The van der Waals surface area contributed by atoms with Gasteiger partial charge in [0.25, 0.3) is 0 Å². The van der Waals surface area contributed by atoms with Crippen LogP contribution >= 0.6 is 0 Å². The molecule has 3 heteroatoms. The molecule has 3 rings (SSSR count).